The summed E-state index contributed by atoms with van der Waals surface area (Å²) in [5.41, 5.74) is 0. The standard InChI is InChI=1S/C23H33N3O3S/c1-18(2)22(23(27)24-13-8-16-26-14-6-3-7-15-26)25-30(28,29)21-12-11-19-9-4-5-10-20(19)17-21/h4-5,9-12,17-18,22,25H,3,6-8,13-16H2,1-2H3,(H,24,27). The fourth-order valence-electron chi connectivity index (χ4n) is 3.87. The molecule has 0 aliphatic carbocycles. The highest BCUT2D eigenvalue weighted by Gasteiger charge is 2.28. The van der Waals surface area contributed by atoms with Gasteiger partial charge in [0.2, 0.25) is 15.9 Å². The molecule has 1 fully saturated rings. The molecule has 7 heteroatoms. The molecule has 1 saturated heterocycles. The molecule has 6 nitrogen and oxygen atoms in total. The molecule has 164 valence electrons. The van der Waals surface area contributed by atoms with Crippen molar-refractivity contribution in [2.24, 2.45) is 5.92 Å². The van der Waals surface area contributed by atoms with Gasteiger partial charge in [0.05, 0.1) is 4.90 Å². The van der Waals surface area contributed by atoms with Crippen LogP contribution in [0, 0.1) is 5.92 Å². The van der Waals surface area contributed by atoms with Crippen molar-refractivity contribution in [1.82, 2.24) is 14.9 Å². The number of likely N-dealkylation sites (tertiary alicyclic amines) is 1. The molecule has 1 aliphatic heterocycles. The summed E-state index contributed by atoms with van der Waals surface area (Å²) in [4.78, 5) is 15.3. The maximum atomic E-state index is 12.9. The van der Waals surface area contributed by atoms with Crippen LogP contribution in [0.4, 0.5) is 0 Å². The number of nitrogens with one attached hydrogen (secondary N) is 2. The summed E-state index contributed by atoms with van der Waals surface area (Å²) in [6.07, 6.45) is 4.67. The highest BCUT2D eigenvalue weighted by atomic mass is 32.2. The summed E-state index contributed by atoms with van der Waals surface area (Å²) in [6, 6.07) is 11.8. The van der Waals surface area contributed by atoms with Crippen molar-refractivity contribution in [3.05, 3.63) is 42.5 Å². The summed E-state index contributed by atoms with van der Waals surface area (Å²) in [6.45, 7) is 7.48. The number of benzene rings is 2. The van der Waals surface area contributed by atoms with Crippen molar-refractivity contribution in [2.45, 2.75) is 50.5 Å². The van der Waals surface area contributed by atoms with Crippen LogP contribution in [0.25, 0.3) is 10.8 Å². The van der Waals surface area contributed by atoms with Crippen molar-refractivity contribution in [3.8, 4) is 0 Å². The maximum absolute atomic E-state index is 12.9. The number of rotatable bonds is 9. The predicted octanol–water partition coefficient (Wildman–Crippen LogP) is 3.13. The molecule has 30 heavy (non-hydrogen) atoms. The third kappa shape index (κ3) is 6.03. The van der Waals surface area contributed by atoms with Gasteiger partial charge in [0, 0.05) is 6.54 Å². The van der Waals surface area contributed by atoms with Gasteiger partial charge in [0.1, 0.15) is 6.04 Å². The molecule has 1 amide bonds. The molecule has 2 N–H and O–H groups in total. The molecule has 1 unspecified atom stereocenters. The van der Waals surface area contributed by atoms with E-state index in [1.54, 1.807) is 18.2 Å². The van der Waals surface area contributed by atoms with E-state index in [-0.39, 0.29) is 16.7 Å². The highest BCUT2D eigenvalue weighted by molar-refractivity contribution is 7.89. The molecule has 2 aromatic carbocycles. The highest BCUT2D eigenvalue weighted by Crippen LogP contribution is 2.20. The number of amides is 1. The molecule has 0 bridgehead atoms. The Morgan fingerprint density at radius 2 is 1.73 bits per heavy atom. The van der Waals surface area contributed by atoms with Crippen LogP contribution in [0.5, 0.6) is 0 Å². The molecule has 1 heterocycles. The van der Waals surface area contributed by atoms with E-state index in [1.807, 2.05) is 38.1 Å². The fraction of sp³-hybridized carbons (Fsp3) is 0.522. The van der Waals surface area contributed by atoms with E-state index in [0.717, 1.165) is 36.8 Å². The van der Waals surface area contributed by atoms with Gasteiger partial charge in [-0.1, -0.05) is 50.6 Å². The van der Waals surface area contributed by atoms with Crippen LogP contribution < -0.4 is 10.0 Å². The van der Waals surface area contributed by atoms with Gasteiger partial charge in [-0.05, 0) is 67.7 Å². The van der Waals surface area contributed by atoms with Gasteiger partial charge < -0.3 is 10.2 Å². The summed E-state index contributed by atoms with van der Waals surface area (Å²) in [5.74, 6) is -0.435. The van der Waals surface area contributed by atoms with Gasteiger partial charge in [0.25, 0.3) is 0 Å². The Morgan fingerprint density at radius 3 is 2.43 bits per heavy atom. The van der Waals surface area contributed by atoms with Crippen LogP contribution in [0.1, 0.15) is 39.5 Å². The normalized spacial score (nSPS) is 16.6. The van der Waals surface area contributed by atoms with Crippen LogP contribution in [0.15, 0.2) is 47.4 Å². The summed E-state index contributed by atoms with van der Waals surface area (Å²) in [5, 5.41) is 4.74. The fourth-order valence-corrected chi connectivity index (χ4v) is 5.25. The van der Waals surface area contributed by atoms with Gasteiger partial charge in [-0.15, -0.1) is 0 Å². The second-order valence-corrected chi connectivity index (χ2v) is 10.1. The monoisotopic (exact) mass is 431 g/mol. The molecule has 0 aromatic heterocycles. The zero-order valence-corrected chi connectivity index (χ0v) is 18.7. The van der Waals surface area contributed by atoms with E-state index >= 15 is 0 Å². The average Bonchev–Trinajstić information content (AvgIpc) is 2.75. The van der Waals surface area contributed by atoms with Gasteiger partial charge >= 0.3 is 0 Å². The minimum absolute atomic E-state index is 0.165. The predicted molar refractivity (Wildman–Crippen MR) is 121 cm³/mol. The van der Waals surface area contributed by atoms with Crippen molar-refractivity contribution in [1.29, 1.82) is 0 Å². The van der Waals surface area contributed by atoms with Crippen molar-refractivity contribution in [2.75, 3.05) is 26.2 Å². The van der Waals surface area contributed by atoms with E-state index in [2.05, 4.69) is 14.9 Å². The van der Waals surface area contributed by atoms with Crippen molar-refractivity contribution < 1.29 is 13.2 Å². The molecule has 0 spiro atoms. The van der Waals surface area contributed by atoms with E-state index < -0.39 is 16.1 Å². The second-order valence-electron chi connectivity index (χ2n) is 8.40. The summed E-state index contributed by atoms with van der Waals surface area (Å²) < 4.78 is 28.5. The minimum atomic E-state index is -3.81. The number of carbonyl (C=O) groups is 1. The van der Waals surface area contributed by atoms with Crippen LogP contribution in [-0.2, 0) is 14.8 Å². The SMILES string of the molecule is CC(C)C(NS(=O)(=O)c1ccc2ccccc2c1)C(=O)NCCCN1CCCCC1. The van der Waals surface area contributed by atoms with Gasteiger partial charge in [0.15, 0.2) is 0 Å². The van der Waals surface area contributed by atoms with Crippen LogP contribution in [0.2, 0.25) is 0 Å². The van der Waals surface area contributed by atoms with Crippen LogP contribution in [-0.4, -0.2) is 51.4 Å². The third-order valence-corrected chi connectivity index (χ3v) is 7.10. The Bertz CT molecular complexity index is 953. The molecule has 3 rings (SSSR count). The van der Waals surface area contributed by atoms with Crippen molar-refractivity contribution >= 4 is 26.7 Å². The lowest BCUT2D eigenvalue weighted by Gasteiger charge is -2.26. The molecule has 1 aliphatic rings. The number of hydrogen-bond acceptors (Lipinski definition) is 4. The Labute approximate surface area is 180 Å². The molecular formula is C23H33N3O3S. The number of piperidine rings is 1. The van der Waals surface area contributed by atoms with Crippen LogP contribution >= 0.6 is 0 Å². The van der Waals surface area contributed by atoms with Crippen LogP contribution in [0.3, 0.4) is 0 Å². The van der Waals surface area contributed by atoms with Gasteiger partial charge in [-0.3, -0.25) is 4.79 Å². The Morgan fingerprint density at radius 1 is 1.03 bits per heavy atom. The quantitative estimate of drug-likeness (QED) is 0.598. The first kappa shape index (κ1) is 22.7. The van der Waals surface area contributed by atoms with Gasteiger partial charge in [-0.2, -0.15) is 4.72 Å². The summed E-state index contributed by atoms with van der Waals surface area (Å²) in [7, 11) is -3.81. The zero-order chi connectivity index (χ0) is 21.6. The lowest BCUT2D eigenvalue weighted by Crippen LogP contribution is -2.50. The Kier molecular flexibility index (Phi) is 7.86. The number of carbonyl (C=O) groups excluding carboxylic acids is 1. The Hall–Kier alpha value is -1.96. The maximum Gasteiger partial charge on any atom is 0.241 e. The molecule has 1 atom stereocenters. The second kappa shape index (κ2) is 10.4. The molecule has 0 radical (unpaired) electrons. The number of sulfonamides is 1. The average molecular weight is 432 g/mol. The van der Waals surface area contributed by atoms with E-state index in [4.69, 9.17) is 0 Å². The Balaban J connectivity index is 1.59. The number of fused-ring (bicyclic) bond motifs is 1. The largest absolute Gasteiger partial charge is 0.355 e. The molecular weight excluding hydrogens is 398 g/mol. The summed E-state index contributed by atoms with van der Waals surface area (Å²) >= 11 is 0. The number of nitrogens with zero attached hydrogens (tertiary/aromatic N) is 1. The third-order valence-electron chi connectivity index (χ3n) is 5.66. The zero-order valence-electron chi connectivity index (χ0n) is 17.9. The lowest BCUT2D eigenvalue weighted by atomic mass is 10.1. The smallest absolute Gasteiger partial charge is 0.241 e. The minimum Gasteiger partial charge on any atom is -0.355 e. The van der Waals surface area contributed by atoms with Crippen molar-refractivity contribution in [3.63, 3.8) is 0 Å². The lowest BCUT2D eigenvalue weighted by molar-refractivity contribution is -0.123. The first-order chi connectivity index (χ1) is 14.4. The van der Waals surface area contributed by atoms with E-state index in [9.17, 15) is 13.2 Å². The van der Waals surface area contributed by atoms with E-state index in [1.165, 1.54) is 19.3 Å². The first-order valence-electron chi connectivity index (χ1n) is 10.9. The molecule has 0 saturated carbocycles. The van der Waals surface area contributed by atoms with E-state index in [0.29, 0.717) is 6.54 Å². The van der Waals surface area contributed by atoms with Gasteiger partial charge in [-0.25, -0.2) is 8.42 Å². The first-order valence-corrected chi connectivity index (χ1v) is 12.4. The topological polar surface area (TPSA) is 78.5 Å². The molecule has 2 aromatic rings. The number of hydrogen-bond donors (Lipinski definition) is 2.